The van der Waals surface area contributed by atoms with Gasteiger partial charge in [-0.3, -0.25) is 4.79 Å². The maximum absolute atomic E-state index is 12.4. The van der Waals surface area contributed by atoms with Crippen LogP contribution in [0.15, 0.2) is 30.3 Å². The molecule has 184 valence electrons. The predicted molar refractivity (Wildman–Crippen MR) is 135 cm³/mol. The fraction of sp³-hybridized carbons (Fsp3) is 0.538. The van der Waals surface area contributed by atoms with Gasteiger partial charge in [0.25, 0.3) is 5.91 Å². The molecule has 1 aliphatic heterocycles. The molecule has 0 bridgehead atoms. The Labute approximate surface area is 205 Å². The smallest absolute Gasteiger partial charge is 0.251 e. The Morgan fingerprint density at radius 2 is 1.74 bits per heavy atom. The molecule has 0 atom stereocenters. The molecule has 3 heterocycles. The van der Waals surface area contributed by atoms with E-state index < -0.39 is 0 Å². The molecule has 2 aliphatic carbocycles. The normalized spacial score (nSPS) is 19.2. The van der Waals surface area contributed by atoms with Crippen molar-refractivity contribution in [1.82, 2.24) is 25.1 Å². The van der Waals surface area contributed by atoms with Crippen molar-refractivity contribution in [3.63, 3.8) is 0 Å². The fourth-order valence-corrected chi connectivity index (χ4v) is 5.19. The van der Waals surface area contributed by atoms with Crippen LogP contribution in [0.4, 0.5) is 11.5 Å². The highest BCUT2D eigenvalue weighted by atomic mass is 16.5. The average molecular weight is 476 g/mol. The van der Waals surface area contributed by atoms with Gasteiger partial charge in [0.05, 0.1) is 5.69 Å². The zero-order valence-electron chi connectivity index (χ0n) is 20.2. The lowest BCUT2D eigenvalue weighted by molar-refractivity contribution is 0.0855. The minimum Gasteiger partial charge on any atom is -0.381 e. The lowest BCUT2D eigenvalue weighted by Gasteiger charge is -2.33. The highest BCUT2D eigenvalue weighted by Crippen LogP contribution is 2.31. The van der Waals surface area contributed by atoms with Crippen molar-refractivity contribution in [3.8, 4) is 11.4 Å². The van der Waals surface area contributed by atoms with Crippen LogP contribution in [0, 0.1) is 0 Å². The lowest BCUT2D eigenvalue weighted by Crippen LogP contribution is -2.37. The topological polar surface area (TPSA) is 96.7 Å². The second-order valence-corrected chi connectivity index (χ2v) is 10.1. The Kier molecular flexibility index (Phi) is 6.01. The number of hydrogen-bond donors (Lipinski definition) is 2. The third kappa shape index (κ3) is 4.69. The van der Waals surface area contributed by atoms with Crippen molar-refractivity contribution in [1.29, 1.82) is 0 Å². The molecule has 1 saturated heterocycles. The van der Waals surface area contributed by atoms with Crippen LogP contribution in [0.2, 0.25) is 0 Å². The molecule has 2 saturated carbocycles. The highest BCUT2D eigenvalue weighted by Gasteiger charge is 2.26. The molecule has 9 heteroatoms. The van der Waals surface area contributed by atoms with Gasteiger partial charge in [-0.25, -0.2) is 0 Å². The Morgan fingerprint density at radius 1 is 1.00 bits per heavy atom. The Hall–Kier alpha value is -3.20. The molecule has 0 radical (unpaired) electrons. The van der Waals surface area contributed by atoms with Crippen LogP contribution in [0.3, 0.4) is 0 Å². The number of nitrogens with one attached hydrogen (secondary N) is 2. The standard InChI is InChI=1S/C26H33N7O2/c1-32(21-12-14-35-15-13-21)22-16-23(27-19-4-2-3-5-19)31-33-24(29-30-25(22)33)17-6-8-18(9-7-17)26(34)28-20-10-11-20/h6-9,16,19-21H,2-5,10-15H2,1H3,(H,27,31)(H,28,34). The summed E-state index contributed by atoms with van der Waals surface area (Å²) in [6, 6.07) is 10.9. The molecular formula is C26H33N7O2. The van der Waals surface area contributed by atoms with E-state index in [2.05, 4.69) is 38.8 Å². The first-order valence-corrected chi connectivity index (χ1v) is 12.9. The maximum Gasteiger partial charge on any atom is 0.251 e. The summed E-state index contributed by atoms with van der Waals surface area (Å²) in [5, 5.41) is 20.7. The lowest BCUT2D eigenvalue weighted by atomic mass is 10.1. The van der Waals surface area contributed by atoms with Crippen molar-refractivity contribution in [3.05, 3.63) is 35.9 Å². The van der Waals surface area contributed by atoms with Crippen molar-refractivity contribution in [2.24, 2.45) is 0 Å². The first-order chi connectivity index (χ1) is 17.2. The minimum absolute atomic E-state index is 0.0216. The summed E-state index contributed by atoms with van der Waals surface area (Å²) in [6.45, 7) is 1.56. The van der Waals surface area contributed by atoms with Gasteiger partial charge in [0.15, 0.2) is 5.82 Å². The first-order valence-electron chi connectivity index (χ1n) is 12.9. The van der Waals surface area contributed by atoms with Gasteiger partial charge in [-0.15, -0.1) is 15.3 Å². The van der Waals surface area contributed by atoms with E-state index in [9.17, 15) is 4.79 Å². The van der Waals surface area contributed by atoms with Crippen LogP contribution in [0.25, 0.3) is 17.0 Å². The third-order valence-electron chi connectivity index (χ3n) is 7.49. The van der Waals surface area contributed by atoms with Crippen LogP contribution in [-0.4, -0.2) is 64.1 Å². The number of ether oxygens (including phenoxy) is 1. The molecule has 2 aromatic heterocycles. The van der Waals surface area contributed by atoms with Crippen LogP contribution >= 0.6 is 0 Å². The number of benzene rings is 1. The van der Waals surface area contributed by atoms with Gasteiger partial charge < -0.3 is 20.3 Å². The quantitative estimate of drug-likeness (QED) is 0.538. The minimum atomic E-state index is -0.0216. The second-order valence-electron chi connectivity index (χ2n) is 10.1. The van der Waals surface area contributed by atoms with Gasteiger partial charge in [-0.2, -0.15) is 4.52 Å². The van der Waals surface area contributed by atoms with Crippen molar-refractivity contribution in [2.75, 3.05) is 30.5 Å². The first kappa shape index (κ1) is 22.3. The number of amides is 1. The number of nitrogens with zero attached hydrogens (tertiary/aromatic N) is 5. The number of carbonyl (C=O) groups is 1. The summed E-state index contributed by atoms with van der Waals surface area (Å²) in [4.78, 5) is 14.7. The molecule has 35 heavy (non-hydrogen) atoms. The van der Waals surface area contributed by atoms with Gasteiger partial charge in [-0.05, 0) is 50.7 Å². The highest BCUT2D eigenvalue weighted by molar-refractivity contribution is 5.95. The summed E-state index contributed by atoms with van der Waals surface area (Å²) < 4.78 is 7.43. The molecule has 0 spiro atoms. The van der Waals surface area contributed by atoms with E-state index in [0.717, 1.165) is 61.6 Å². The number of hydrogen-bond acceptors (Lipinski definition) is 7. The fourth-order valence-electron chi connectivity index (χ4n) is 5.19. The van der Waals surface area contributed by atoms with Crippen molar-refractivity contribution in [2.45, 2.75) is 69.5 Å². The summed E-state index contributed by atoms with van der Waals surface area (Å²) in [7, 11) is 2.13. The van der Waals surface area contributed by atoms with E-state index in [1.54, 1.807) is 0 Å². The van der Waals surface area contributed by atoms with E-state index in [1.165, 1.54) is 25.7 Å². The SMILES string of the molecule is CN(c1cc(NC2CCCC2)nn2c(-c3ccc(C(=O)NC4CC4)cc3)nnc12)C1CCOCC1. The summed E-state index contributed by atoms with van der Waals surface area (Å²) in [5.41, 5.74) is 3.30. The number of aromatic nitrogens is 4. The largest absolute Gasteiger partial charge is 0.381 e. The number of rotatable bonds is 7. The molecule has 3 aromatic rings. The molecule has 0 unspecified atom stereocenters. The van der Waals surface area contributed by atoms with E-state index in [1.807, 2.05) is 28.8 Å². The molecule has 1 amide bonds. The predicted octanol–water partition coefficient (Wildman–Crippen LogP) is 3.65. The van der Waals surface area contributed by atoms with Crippen LogP contribution in [0.1, 0.15) is 61.7 Å². The third-order valence-corrected chi connectivity index (χ3v) is 7.49. The number of carbonyl (C=O) groups excluding carboxylic acids is 1. The Balaban J connectivity index is 1.35. The van der Waals surface area contributed by atoms with E-state index >= 15 is 0 Å². The summed E-state index contributed by atoms with van der Waals surface area (Å²) >= 11 is 0. The second kappa shape index (κ2) is 9.45. The van der Waals surface area contributed by atoms with Crippen molar-refractivity contribution >= 4 is 23.1 Å². The maximum atomic E-state index is 12.4. The molecule has 9 nitrogen and oxygen atoms in total. The van der Waals surface area contributed by atoms with Crippen LogP contribution in [-0.2, 0) is 4.74 Å². The molecule has 2 N–H and O–H groups in total. The van der Waals surface area contributed by atoms with Crippen molar-refractivity contribution < 1.29 is 9.53 Å². The number of anilines is 2. The van der Waals surface area contributed by atoms with E-state index in [-0.39, 0.29) is 5.91 Å². The average Bonchev–Trinajstić information content (AvgIpc) is 3.37. The monoisotopic (exact) mass is 475 g/mol. The zero-order chi connectivity index (χ0) is 23.8. The Morgan fingerprint density at radius 3 is 2.46 bits per heavy atom. The molecule has 3 aliphatic rings. The van der Waals surface area contributed by atoms with Crippen LogP contribution < -0.4 is 15.5 Å². The van der Waals surface area contributed by atoms with Gasteiger partial charge >= 0.3 is 0 Å². The van der Waals surface area contributed by atoms with E-state index in [4.69, 9.17) is 9.84 Å². The van der Waals surface area contributed by atoms with Gasteiger partial charge in [0.1, 0.15) is 5.82 Å². The summed E-state index contributed by atoms with van der Waals surface area (Å²) in [5.74, 6) is 1.50. The molecule has 1 aromatic carbocycles. The van der Waals surface area contributed by atoms with Crippen LogP contribution in [0.5, 0.6) is 0 Å². The summed E-state index contributed by atoms with van der Waals surface area (Å²) in [6.07, 6.45) is 8.98. The zero-order valence-corrected chi connectivity index (χ0v) is 20.2. The Bertz CT molecular complexity index is 1190. The van der Waals surface area contributed by atoms with Gasteiger partial charge in [0, 0.05) is 55.6 Å². The molecule has 3 fully saturated rings. The van der Waals surface area contributed by atoms with Gasteiger partial charge in [0.2, 0.25) is 5.65 Å². The molecule has 6 rings (SSSR count). The van der Waals surface area contributed by atoms with Gasteiger partial charge in [-0.1, -0.05) is 25.0 Å². The number of fused-ring (bicyclic) bond motifs is 1. The van der Waals surface area contributed by atoms with E-state index in [0.29, 0.717) is 29.5 Å². The molecular weight excluding hydrogens is 442 g/mol.